The average Bonchev–Trinajstić information content (AvgIpc) is 2.43. The molecular formula is C24H33N2+. The number of nitrogens with zero attached hydrogens (tertiary/aromatic N) is 2. The first kappa shape index (κ1) is 18.7. The largest absolute Gasteiger partial charge is 0.244 e. The molecule has 2 aromatic carbocycles. The van der Waals surface area contributed by atoms with Gasteiger partial charge >= 0.3 is 0 Å². The Labute approximate surface area is 159 Å². The van der Waals surface area contributed by atoms with Gasteiger partial charge in [-0.1, -0.05) is 49.2 Å². The molecule has 0 aliphatic carbocycles. The van der Waals surface area contributed by atoms with Crippen molar-refractivity contribution in [1.82, 2.24) is 0 Å². The van der Waals surface area contributed by atoms with Crippen molar-refractivity contribution >= 4 is 17.7 Å². The van der Waals surface area contributed by atoms with E-state index >= 15 is 0 Å². The average molecular weight is 350 g/mol. The zero-order valence-electron chi connectivity index (χ0n) is 17.7. The maximum absolute atomic E-state index is 2.46. The van der Waals surface area contributed by atoms with Gasteiger partial charge in [-0.05, 0) is 63.8 Å². The van der Waals surface area contributed by atoms with Crippen LogP contribution in [0.4, 0.5) is 11.4 Å². The minimum Gasteiger partial charge on any atom is -0.233 e. The van der Waals surface area contributed by atoms with E-state index < -0.39 is 0 Å². The van der Waals surface area contributed by atoms with Gasteiger partial charge in [-0.3, -0.25) is 0 Å². The van der Waals surface area contributed by atoms with E-state index in [1.54, 1.807) is 0 Å². The maximum atomic E-state index is 2.46. The van der Waals surface area contributed by atoms with Crippen LogP contribution in [0.25, 0.3) is 0 Å². The Balaban J connectivity index is 2.16. The number of aryl methyl sites for hydroxylation is 6. The van der Waals surface area contributed by atoms with Crippen LogP contribution in [-0.4, -0.2) is 24.0 Å². The van der Waals surface area contributed by atoms with Gasteiger partial charge < -0.3 is 0 Å². The molecule has 1 heterocycles. The van der Waals surface area contributed by atoms with E-state index in [9.17, 15) is 0 Å². The molecule has 0 radical (unpaired) electrons. The van der Waals surface area contributed by atoms with Crippen LogP contribution in [0.5, 0.6) is 0 Å². The molecule has 0 bridgehead atoms. The second-order valence-electron chi connectivity index (χ2n) is 9.03. The van der Waals surface area contributed by atoms with E-state index in [-0.39, 0.29) is 5.41 Å². The SMILES string of the molecule is Cc1cc(C)c(N2C=[N+](c3c(C)cc(C)cc3C)CC(C)(C)C2)c(C)c1. The zero-order valence-corrected chi connectivity index (χ0v) is 17.7. The van der Waals surface area contributed by atoms with Gasteiger partial charge in [0.25, 0.3) is 0 Å². The summed E-state index contributed by atoms with van der Waals surface area (Å²) in [4.78, 5) is 2.46. The van der Waals surface area contributed by atoms with E-state index in [4.69, 9.17) is 0 Å². The van der Waals surface area contributed by atoms with Crippen LogP contribution in [0, 0.1) is 47.0 Å². The minimum absolute atomic E-state index is 0.211. The van der Waals surface area contributed by atoms with Crippen LogP contribution in [0.1, 0.15) is 47.2 Å². The van der Waals surface area contributed by atoms with E-state index in [2.05, 4.69) is 95.5 Å². The molecule has 2 nitrogen and oxygen atoms in total. The van der Waals surface area contributed by atoms with Crippen LogP contribution < -0.4 is 4.90 Å². The topological polar surface area (TPSA) is 6.25 Å². The third kappa shape index (κ3) is 3.56. The molecule has 0 spiro atoms. The highest BCUT2D eigenvalue weighted by molar-refractivity contribution is 5.81. The molecule has 26 heavy (non-hydrogen) atoms. The molecule has 2 heteroatoms. The maximum Gasteiger partial charge on any atom is 0.244 e. The fourth-order valence-corrected chi connectivity index (χ4v) is 4.75. The van der Waals surface area contributed by atoms with Crippen LogP contribution in [-0.2, 0) is 0 Å². The number of hydrogen-bond donors (Lipinski definition) is 0. The Kier molecular flexibility index (Phi) is 4.72. The summed E-state index contributed by atoms with van der Waals surface area (Å²) in [6, 6.07) is 9.18. The smallest absolute Gasteiger partial charge is 0.233 e. The van der Waals surface area contributed by atoms with Crippen molar-refractivity contribution in [1.29, 1.82) is 0 Å². The summed E-state index contributed by atoms with van der Waals surface area (Å²) in [7, 11) is 0. The van der Waals surface area contributed by atoms with Gasteiger partial charge in [-0.25, -0.2) is 9.48 Å². The summed E-state index contributed by atoms with van der Waals surface area (Å²) >= 11 is 0. The molecule has 0 fully saturated rings. The third-order valence-corrected chi connectivity index (χ3v) is 5.32. The highest BCUT2D eigenvalue weighted by atomic mass is 15.2. The first-order valence-corrected chi connectivity index (χ1v) is 9.61. The Morgan fingerprint density at radius 1 is 0.769 bits per heavy atom. The van der Waals surface area contributed by atoms with Gasteiger partial charge in [0.15, 0.2) is 0 Å². The van der Waals surface area contributed by atoms with Gasteiger partial charge in [0.1, 0.15) is 11.4 Å². The van der Waals surface area contributed by atoms with Crippen molar-refractivity contribution in [2.24, 2.45) is 5.41 Å². The molecule has 0 unspecified atom stereocenters. The fourth-order valence-electron chi connectivity index (χ4n) is 4.75. The number of benzene rings is 2. The Hall–Kier alpha value is -2.09. The summed E-state index contributed by atoms with van der Waals surface area (Å²) in [5.74, 6) is 0. The molecule has 3 rings (SSSR count). The van der Waals surface area contributed by atoms with Gasteiger partial charge in [0.05, 0.1) is 13.1 Å². The lowest BCUT2D eigenvalue weighted by molar-refractivity contribution is -0.459. The second kappa shape index (κ2) is 6.57. The zero-order chi connectivity index (χ0) is 19.2. The predicted octanol–water partition coefficient (Wildman–Crippen LogP) is 5.76. The molecule has 0 saturated carbocycles. The van der Waals surface area contributed by atoms with Crippen molar-refractivity contribution in [3.63, 3.8) is 0 Å². The Bertz CT molecular complexity index is 841. The third-order valence-electron chi connectivity index (χ3n) is 5.32. The number of anilines is 1. The van der Waals surface area contributed by atoms with E-state index in [1.165, 1.54) is 44.8 Å². The van der Waals surface area contributed by atoms with Crippen molar-refractivity contribution < 1.29 is 4.58 Å². The van der Waals surface area contributed by atoms with Crippen molar-refractivity contribution in [3.8, 4) is 0 Å². The van der Waals surface area contributed by atoms with E-state index in [0.717, 1.165) is 13.1 Å². The lowest BCUT2D eigenvalue weighted by Gasteiger charge is -2.34. The lowest BCUT2D eigenvalue weighted by atomic mass is 9.89. The highest BCUT2D eigenvalue weighted by Crippen LogP contribution is 2.34. The molecule has 2 aromatic rings. The van der Waals surface area contributed by atoms with Crippen molar-refractivity contribution in [2.45, 2.75) is 55.4 Å². The van der Waals surface area contributed by atoms with E-state index in [1.807, 2.05) is 0 Å². The number of rotatable bonds is 2. The van der Waals surface area contributed by atoms with Crippen LogP contribution in [0.3, 0.4) is 0 Å². The van der Waals surface area contributed by atoms with Crippen LogP contribution in [0.2, 0.25) is 0 Å². The molecule has 0 N–H and O–H groups in total. The molecule has 0 atom stereocenters. The predicted molar refractivity (Wildman–Crippen MR) is 113 cm³/mol. The Morgan fingerprint density at radius 3 is 1.73 bits per heavy atom. The first-order valence-electron chi connectivity index (χ1n) is 9.61. The standard InChI is InChI=1S/C24H33N2/c1-16-9-18(3)22(19(4)10-16)25-13-24(7,8)14-26(15-25)23-20(5)11-17(2)12-21(23)6/h9-12,15H,13-14H2,1-8H3/q+1. The minimum atomic E-state index is 0.211. The van der Waals surface area contributed by atoms with Crippen LogP contribution >= 0.6 is 0 Å². The van der Waals surface area contributed by atoms with Crippen molar-refractivity contribution in [2.75, 3.05) is 18.0 Å². The molecule has 0 aromatic heterocycles. The van der Waals surface area contributed by atoms with Gasteiger partial charge in [0.2, 0.25) is 6.34 Å². The van der Waals surface area contributed by atoms with Crippen LogP contribution in [0.15, 0.2) is 24.3 Å². The molecule has 0 saturated heterocycles. The monoisotopic (exact) mass is 349 g/mol. The summed E-state index contributed by atoms with van der Waals surface area (Å²) in [6.07, 6.45) is 2.33. The Morgan fingerprint density at radius 2 is 1.23 bits per heavy atom. The molecule has 1 aliphatic heterocycles. The van der Waals surface area contributed by atoms with E-state index in [0.29, 0.717) is 0 Å². The van der Waals surface area contributed by atoms with Crippen molar-refractivity contribution in [3.05, 3.63) is 57.6 Å². The molecular weight excluding hydrogens is 316 g/mol. The summed E-state index contributed by atoms with van der Waals surface area (Å²) in [6.45, 7) is 20.1. The number of hydrogen-bond acceptors (Lipinski definition) is 1. The quantitative estimate of drug-likeness (QED) is 0.625. The highest BCUT2D eigenvalue weighted by Gasteiger charge is 2.36. The fraction of sp³-hybridized carbons (Fsp3) is 0.458. The molecule has 138 valence electrons. The lowest BCUT2D eigenvalue weighted by Crippen LogP contribution is -2.46. The normalized spacial score (nSPS) is 16.6. The van der Waals surface area contributed by atoms with Gasteiger partial charge in [-0.2, -0.15) is 0 Å². The summed E-state index contributed by atoms with van der Waals surface area (Å²) in [5.41, 5.74) is 11.0. The second-order valence-corrected chi connectivity index (χ2v) is 9.03. The summed E-state index contributed by atoms with van der Waals surface area (Å²) in [5, 5.41) is 0. The first-order chi connectivity index (χ1) is 12.1. The molecule has 0 amide bonds. The molecule has 1 aliphatic rings. The summed E-state index contributed by atoms with van der Waals surface area (Å²) < 4.78 is 2.46. The van der Waals surface area contributed by atoms with Gasteiger partial charge in [0, 0.05) is 5.41 Å². The van der Waals surface area contributed by atoms with Gasteiger partial charge in [-0.15, -0.1) is 0 Å².